The third-order valence-electron chi connectivity index (χ3n) is 18.8. The van der Waals surface area contributed by atoms with E-state index < -0.39 is 0 Å². The fourth-order valence-corrected chi connectivity index (χ4v) is 13.1. The van der Waals surface area contributed by atoms with Crippen molar-refractivity contribution in [1.82, 2.24) is 29.9 Å². The lowest BCUT2D eigenvalue weighted by Crippen LogP contribution is -2.34. The number of aromatic nitrogens is 10. The van der Waals surface area contributed by atoms with Gasteiger partial charge in [0.15, 0.2) is 33.8 Å². The largest absolute Gasteiger partial charge is 0.349 e. The maximum atomic E-state index is 4.88. The van der Waals surface area contributed by atoms with Crippen molar-refractivity contribution in [1.29, 1.82) is 0 Å². The van der Waals surface area contributed by atoms with Crippen LogP contribution in [0.2, 0.25) is 0 Å². The highest BCUT2D eigenvalue weighted by atomic mass is 15.1. The van der Waals surface area contributed by atoms with Gasteiger partial charge >= 0.3 is 11.3 Å². The van der Waals surface area contributed by atoms with Crippen molar-refractivity contribution >= 4 is 44.4 Å². The summed E-state index contributed by atoms with van der Waals surface area (Å²) in [6.45, 7) is 43.8. The lowest BCUT2D eigenvalue weighted by Gasteiger charge is -2.12. The van der Waals surface area contributed by atoms with Gasteiger partial charge in [0.1, 0.15) is 37.5 Å². The molecule has 10 heteroatoms. The summed E-state index contributed by atoms with van der Waals surface area (Å²) in [7, 11) is 8.45. The van der Waals surface area contributed by atoms with Gasteiger partial charge in [0.25, 0.3) is 0 Å². The van der Waals surface area contributed by atoms with E-state index in [-0.39, 0.29) is 0 Å². The fraction of sp³-hybridized carbons (Fsp3) is 0.357. The van der Waals surface area contributed by atoms with Crippen molar-refractivity contribution < 1.29 is 18.3 Å². The molecule has 94 heavy (non-hydrogen) atoms. The molecule has 6 heterocycles. The number of para-hydroxylation sites is 2. The topological polar surface area (TPSA) is 92.9 Å². The summed E-state index contributed by atoms with van der Waals surface area (Å²) in [6, 6.07) is 39.3. The van der Waals surface area contributed by atoms with E-state index in [4.69, 9.17) is 19.9 Å². The van der Waals surface area contributed by atoms with E-state index in [1.54, 1.807) is 0 Å². The van der Waals surface area contributed by atoms with E-state index in [9.17, 15) is 0 Å². The predicted octanol–water partition coefficient (Wildman–Crippen LogP) is 18.0. The summed E-state index contributed by atoms with van der Waals surface area (Å²) in [4.78, 5) is 28.7. The molecule has 6 aromatic carbocycles. The first-order chi connectivity index (χ1) is 44.5. The minimum atomic E-state index is 0.408. The average Bonchev–Trinajstić information content (AvgIpc) is 0.797. The molecule has 0 saturated carbocycles. The molecule has 484 valence electrons. The van der Waals surface area contributed by atoms with Crippen LogP contribution >= 0.6 is 0 Å². The van der Waals surface area contributed by atoms with Crippen molar-refractivity contribution in [2.24, 2.45) is 40.0 Å². The number of hydrogen-bond acceptors (Lipinski definition) is 6. The van der Waals surface area contributed by atoms with Gasteiger partial charge in [-0.2, -0.15) is 9.13 Å². The Morgan fingerprint density at radius 2 is 0.723 bits per heavy atom. The van der Waals surface area contributed by atoms with E-state index in [2.05, 4.69) is 304 Å². The molecule has 0 spiro atoms. The van der Waals surface area contributed by atoms with Gasteiger partial charge in [-0.1, -0.05) is 126 Å². The molecule has 0 aliphatic heterocycles. The van der Waals surface area contributed by atoms with E-state index in [1.807, 2.05) is 24.8 Å². The SMILES string of the molecule is Cc1cc(C)c(C)c(-c2cnc3c(C(C)C)cccc3[n+]2C)c1.Cc1cc(C)c(C)c(-c2cnc3c(CC(C)C)cccc3[n+]2C)c1.Cc1cc(C)c(C)c(-c2cnc3ccc(C(C)C)nc3[n+]2C)c1.Cc1cc(C)c(C)c(-c2cnc3ccc(CC(C)C)nc3[n+]2C)c1. The van der Waals surface area contributed by atoms with Gasteiger partial charge in [-0.05, 0) is 221 Å². The molecule has 12 aromatic rings. The Balaban J connectivity index is 0.000000148. The third kappa shape index (κ3) is 15.0. The van der Waals surface area contributed by atoms with Gasteiger partial charge < -0.3 is 0 Å². The van der Waals surface area contributed by atoms with Gasteiger partial charge in [-0.25, -0.2) is 29.1 Å². The van der Waals surface area contributed by atoms with Crippen LogP contribution in [0, 0.1) is 94.9 Å². The zero-order valence-electron chi connectivity index (χ0n) is 60.9. The van der Waals surface area contributed by atoms with Crippen molar-refractivity contribution in [3.05, 3.63) is 223 Å². The molecule has 0 bridgehead atoms. The van der Waals surface area contributed by atoms with Crippen LogP contribution in [0.25, 0.3) is 89.4 Å². The van der Waals surface area contributed by atoms with Gasteiger partial charge in [-0.3, -0.25) is 0 Å². The quantitative estimate of drug-likeness (QED) is 0.127. The van der Waals surface area contributed by atoms with Gasteiger partial charge in [0, 0.05) is 35.6 Å². The van der Waals surface area contributed by atoms with Gasteiger partial charge in [0.2, 0.25) is 22.4 Å². The Bertz CT molecular complexity index is 4680. The van der Waals surface area contributed by atoms with E-state index >= 15 is 0 Å². The molecule has 0 amide bonds. The van der Waals surface area contributed by atoms with Crippen LogP contribution in [-0.2, 0) is 41.0 Å². The zero-order chi connectivity index (χ0) is 68.3. The molecule has 0 saturated heterocycles. The highest BCUT2D eigenvalue weighted by molar-refractivity contribution is 5.79. The van der Waals surface area contributed by atoms with Crippen LogP contribution in [0.15, 0.2) is 134 Å². The second-order valence-electron chi connectivity index (χ2n) is 28.1. The van der Waals surface area contributed by atoms with E-state index in [1.165, 1.54) is 123 Å². The standard InChI is InChI=1S/C22H27N2.C21H26N3.C21H25N2.C20H24N3/c1-14(2)10-18-8-7-9-20-22(18)23-13-21(24(20)6)19-12-15(3)11-16(4)17(19)5;1-13(2)9-17-7-8-19-21(23-17)24(6)20(12-22-19)18-11-14(3)10-15(4)16(18)5;1-13(2)17-8-7-9-19-21(17)22-12-20(23(19)6)18-11-14(3)10-15(4)16(18)5;1-12(2)17-7-8-18-20(22-17)23(6)19(11-21-18)16-10-13(3)9-14(4)15(16)5/h7-9,11-14H,10H2,1-6H3;7-8,10-13H,9H2,1-6H3;7-13H,1-6H3;7-12H,1-6H3/q4*+1. The normalized spacial score (nSPS) is 11.4. The van der Waals surface area contributed by atoms with Crippen LogP contribution in [0.3, 0.4) is 0 Å². The minimum absolute atomic E-state index is 0.408. The van der Waals surface area contributed by atoms with Crippen LogP contribution in [0.5, 0.6) is 0 Å². The highest BCUT2D eigenvalue weighted by Gasteiger charge is 2.25. The Hall–Kier alpha value is -9.02. The summed E-state index contributed by atoms with van der Waals surface area (Å²) >= 11 is 0. The van der Waals surface area contributed by atoms with Crippen molar-refractivity contribution in [3.8, 4) is 45.0 Å². The zero-order valence-corrected chi connectivity index (χ0v) is 60.9. The summed E-state index contributed by atoms with van der Waals surface area (Å²) in [6.07, 6.45) is 10.0. The number of rotatable bonds is 10. The van der Waals surface area contributed by atoms with Gasteiger partial charge in [0.05, 0.1) is 37.6 Å². The first kappa shape index (κ1) is 69.3. The smallest absolute Gasteiger partial charge is 0.244 e. The molecule has 0 unspecified atom stereocenters. The number of nitrogens with zero attached hydrogens (tertiary/aromatic N) is 10. The first-order valence-electron chi connectivity index (χ1n) is 33.7. The van der Waals surface area contributed by atoms with Crippen molar-refractivity contribution in [3.63, 3.8) is 0 Å². The van der Waals surface area contributed by atoms with E-state index in [0.717, 1.165) is 69.0 Å². The number of benzene rings is 6. The Morgan fingerprint density at radius 3 is 1.14 bits per heavy atom. The molecular weight excluding hydrogens is 1150 g/mol. The fourth-order valence-electron chi connectivity index (χ4n) is 13.1. The summed E-state index contributed by atoms with van der Waals surface area (Å²) in [5.41, 5.74) is 38.5. The lowest BCUT2D eigenvalue weighted by molar-refractivity contribution is -0.636. The maximum absolute atomic E-state index is 4.88. The third-order valence-corrected chi connectivity index (χ3v) is 18.8. The number of fused-ring (bicyclic) bond motifs is 4. The monoisotopic (exact) mass is 1250 g/mol. The van der Waals surface area contributed by atoms with Crippen LogP contribution in [0.1, 0.15) is 157 Å². The molecule has 0 aliphatic carbocycles. The molecule has 0 fully saturated rings. The molecule has 12 rings (SSSR count). The van der Waals surface area contributed by atoms with E-state index in [0.29, 0.717) is 23.7 Å². The lowest BCUT2D eigenvalue weighted by atomic mass is 9.97. The Labute approximate surface area is 561 Å². The Morgan fingerprint density at radius 1 is 0.351 bits per heavy atom. The molecular formula is C84H102N10+4. The second-order valence-corrected chi connectivity index (χ2v) is 28.1. The van der Waals surface area contributed by atoms with Crippen molar-refractivity contribution in [2.75, 3.05) is 0 Å². The number of aryl methyl sites for hydroxylation is 12. The molecule has 0 N–H and O–H groups in total. The number of pyridine rings is 2. The molecule has 6 aromatic heterocycles. The average molecular weight is 1250 g/mol. The molecule has 10 nitrogen and oxygen atoms in total. The van der Waals surface area contributed by atoms with Crippen LogP contribution < -0.4 is 18.3 Å². The van der Waals surface area contributed by atoms with Gasteiger partial charge in [-0.15, -0.1) is 0 Å². The van der Waals surface area contributed by atoms with Crippen LogP contribution in [0.4, 0.5) is 0 Å². The second kappa shape index (κ2) is 29.1. The summed E-state index contributed by atoms with van der Waals surface area (Å²) < 4.78 is 8.89. The Kier molecular flexibility index (Phi) is 21.5. The molecule has 0 atom stereocenters. The maximum Gasteiger partial charge on any atom is 0.349 e. The highest BCUT2D eigenvalue weighted by Crippen LogP contribution is 2.32. The predicted molar refractivity (Wildman–Crippen MR) is 391 cm³/mol. The summed E-state index contributed by atoms with van der Waals surface area (Å²) in [5.74, 6) is 2.10. The number of hydrogen-bond donors (Lipinski definition) is 0. The van der Waals surface area contributed by atoms with Crippen molar-refractivity contribution in [2.45, 2.75) is 163 Å². The summed E-state index contributed by atoms with van der Waals surface area (Å²) in [5, 5.41) is 0. The first-order valence-corrected chi connectivity index (χ1v) is 33.7. The van der Waals surface area contributed by atoms with Crippen LogP contribution in [-0.4, -0.2) is 29.9 Å². The molecule has 0 aliphatic rings. The minimum Gasteiger partial charge on any atom is -0.244 e. The molecule has 0 radical (unpaired) electrons.